The molecule has 0 fully saturated rings. The minimum atomic E-state index is -0.963. The Hall–Kier alpha value is -2.21. The minimum absolute atomic E-state index is 0.273. The number of carbonyl (C=O) groups is 1. The second-order valence-electron chi connectivity index (χ2n) is 4.34. The Morgan fingerprint density at radius 1 is 1.32 bits per heavy atom. The van der Waals surface area contributed by atoms with Gasteiger partial charge in [-0.05, 0) is 24.3 Å². The molecule has 0 saturated carbocycles. The first-order valence-electron chi connectivity index (χ1n) is 5.66. The molecule has 7 heteroatoms. The number of benzene rings is 1. The van der Waals surface area contributed by atoms with Gasteiger partial charge in [-0.1, -0.05) is 11.6 Å². The van der Waals surface area contributed by atoms with Crippen molar-refractivity contribution in [2.45, 2.75) is 13.1 Å². The van der Waals surface area contributed by atoms with Crippen LogP contribution in [-0.4, -0.2) is 25.9 Å². The third-order valence-electron chi connectivity index (χ3n) is 3.14. The summed E-state index contributed by atoms with van der Waals surface area (Å²) in [5.74, 6) is 0.473. The Morgan fingerprint density at radius 3 is 2.58 bits per heavy atom. The second kappa shape index (κ2) is 4.17. The summed E-state index contributed by atoms with van der Waals surface area (Å²) in [5.41, 5.74) is 8.32. The van der Waals surface area contributed by atoms with Gasteiger partial charge in [0.25, 0.3) is 0 Å². The first kappa shape index (κ1) is 11.9. The predicted octanol–water partition coefficient (Wildman–Crippen LogP) is 2.10. The van der Waals surface area contributed by atoms with Crippen LogP contribution in [0.3, 0.4) is 0 Å². The number of halogens is 1. The second-order valence-corrected chi connectivity index (χ2v) is 4.77. The zero-order chi connectivity index (χ0) is 13.6. The van der Waals surface area contributed by atoms with Crippen molar-refractivity contribution in [3.63, 3.8) is 0 Å². The normalized spacial score (nSPS) is 13.6. The maximum Gasteiger partial charge on any atom is 0.407 e. The van der Waals surface area contributed by atoms with E-state index >= 15 is 0 Å². The molecule has 0 unspecified atom stereocenters. The lowest BCUT2D eigenvalue weighted by Gasteiger charge is -2.11. The van der Waals surface area contributed by atoms with Gasteiger partial charge in [0.1, 0.15) is 5.82 Å². The highest BCUT2D eigenvalue weighted by molar-refractivity contribution is 6.30. The van der Waals surface area contributed by atoms with E-state index in [0.717, 1.165) is 11.3 Å². The van der Waals surface area contributed by atoms with E-state index < -0.39 is 6.09 Å². The number of rotatable bonds is 1. The molecular weight excluding hydrogens is 268 g/mol. The van der Waals surface area contributed by atoms with Gasteiger partial charge in [-0.3, -0.25) is 4.90 Å². The molecule has 0 aliphatic carbocycles. The molecule has 0 spiro atoms. The Morgan fingerprint density at radius 2 is 2.00 bits per heavy atom. The molecular formula is C12H11ClN4O2. The van der Waals surface area contributed by atoms with Crippen LogP contribution in [0.5, 0.6) is 0 Å². The lowest BCUT2D eigenvalue weighted by Crippen LogP contribution is -2.24. The van der Waals surface area contributed by atoms with Gasteiger partial charge >= 0.3 is 6.09 Å². The molecule has 2 heterocycles. The number of amides is 1. The average Bonchev–Trinajstić information content (AvgIpc) is 2.91. The molecule has 1 aromatic carbocycles. The fourth-order valence-corrected chi connectivity index (χ4v) is 2.28. The van der Waals surface area contributed by atoms with Crippen LogP contribution in [0.4, 0.5) is 10.6 Å². The summed E-state index contributed by atoms with van der Waals surface area (Å²) < 4.78 is 1.61. The number of carboxylic acid groups (broad SMARTS) is 1. The standard InChI is InChI=1S/C12H11ClN4O2/c13-7-1-3-8(4-2-7)17-11(14)9-5-16(12(18)19)6-10(9)15-17/h1-4H,5-6,14H2,(H,18,19). The number of anilines is 1. The van der Waals surface area contributed by atoms with Gasteiger partial charge in [-0.15, -0.1) is 0 Å². The van der Waals surface area contributed by atoms with E-state index in [9.17, 15) is 4.79 Å². The summed E-state index contributed by atoms with van der Waals surface area (Å²) in [7, 11) is 0. The van der Waals surface area contributed by atoms with E-state index in [1.165, 1.54) is 4.90 Å². The maximum atomic E-state index is 10.9. The Balaban J connectivity index is 1.98. The van der Waals surface area contributed by atoms with Crippen molar-refractivity contribution in [1.29, 1.82) is 0 Å². The topological polar surface area (TPSA) is 84.4 Å². The van der Waals surface area contributed by atoms with Gasteiger partial charge in [0.2, 0.25) is 0 Å². The lowest BCUT2D eigenvalue weighted by atomic mass is 10.3. The highest BCUT2D eigenvalue weighted by atomic mass is 35.5. The third-order valence-corrected chi connectivity index (χ3v) is 3.39. The van der Waals surface area contributed by atoms with E-state index in [-0.39, 0.29) is 13.1 Å². The van der Waals surface area contributed by atoms with Gasteiger partial charge in [-0.25, -0.2) is 9.48 Å². The zero-order valence-electron chi connectivity index (χ0n) is 9.88. The predicted molar refractivity (Wildman–Crippen MR) is 70.3 cm³/mol. The largest absolute Gasteiger partial charge is 0.465 e. The highest BCUT2D eigenvalue weighted by Crippen LogP contribution is 2.29. The summed E-state index contributed by atoms with van der Waals surface area (Å²) >= 11 is 5.83. The van der Waals surface area contributed by atoms with Crippen LogP contribution in [0.25, 0.3) is 5.69 Å². The van der Waals surface area contributed by atoms with Gasteiger partial charge in [-0.2, -0.15) is 5.10 Å². The molecule has 0 atom stereocenters. The average molecular weight is 279 g/mol. The first-order valence-corrected chi connectivity index (χ1v) is 6.04. The van der Waals surface area contributed by atoms with Crippen molar-refractivity contribution >= 4 is 23.5 Å². The number of hydrogen-bond acceptors (Lipinski definition) is 3. The summed E-state index contributed by atoms with van der Waals surface area (Å²) in [6.45, 7) is 0.555. The van der Waals surface area contributed by atoms with Crippen LogP contribution in [-0.2, 0) is 13.1 Å². The fourth-order valence-electron chi connectivity index (χ4n) is 2.15. The van der Waals surface area contributed by atoms with Gasteiger partial charge < -0.3 is 10.8 Å². The van der Waals surface area contributed by atoms with E-state index in [1.54, 1.807) is 16.8 Å². The maximum absolute atomic E-state index is 10.9. The van der Waals surface area contributed by atoms with E-state index in [2.05, 4.69) is 5.10 Å². The summed E-state index contributed by atoms with van der Waals surface area (Å²) in [5, 5.41) is 14.0. The number of nitrogens with two attached hydrogens (primary N) is 1. The summed E-state index contributed by atoms with van der Waals surface area (Å²) in [6.07, 6.45) is -0.963. The van der Waals surface area contributed by atoms with Crippen molar-refractivity contribution < 1.29 is 9.90 Å². The quantitative estimate of drug-likeness (QED) is 0.837. The minimum Gasteiger partial charge on any atom is -0.465 e. The summed E-state index contributed by atoms with van der Waals surface area (Å²) in [4.78, 5) is 12.2. The van der Waals surface area contributed by atoms with Crippen LogP contribution >= 0.6 is 11.6 Å². The molecule has 6 nitrogen and oxygen atoms in total. The monoisotopic (exact) mass is 278 g/mol. The molecule has 1 aliphatic heterocycles. The van der Waals surface area contributed by atoms with Crippen molar-refractivity contribution in [2.75, 3.05) is 5.73 Å². The molecule has 0 bridgehead atoms. The van der Waals surface area contributed by atoms with Crippen molar-refractivity contribution in [2.24, 2.45) is 0 Å². The Labute approximate surface area is 114 Å². The van der Waals surface area contributed by atoms with Crippen molar-refractivity contribution in [3.8, 4) is 5.69 Å². The smallest absolute Gasteiger partial charge is 0.407 e. The van der Waals surface area contributed by atoms with Gasteiger partial charge in [0.15, 0.2) is 0 Å². The molecule has 1 aromatic heterocycles. The third kappa shape index (κ3) is 1.90. The van der Waals surface area contributed by atoms with Crippen LogP contribution in [0.2, 0.25) is 5.02 Å². The summed E-state index contributed by atoms with van der Waals surface area (Å²) in [6, 6.07) is 7.14. The Kier molecular flexibility index (Phi) is 2.60. The molecule has 2 aromatic rings. The van der Waals surface area contributed by atoms with E-state index in [4.69, 9.17) is 22.4 Å². The first-order chi connectivity index (χ1) is 9.06. The number of fused-ring (bicyclic) bond motifs is 1. The van der Waals surface area contributed by atoms with Gasteiger partial charge in [0, 0.05) is 10.6 Å². The zero-order valence-corrected chi connectivity index (χ0v) is 10.6. The molecule has 98 valence electrons. The SMILES string of the molecule is Nc1c2c(nn1-c1ccc(Cl)cc1)CN(C(=O)O)C2. The molecule has 3 N–H and O–H groups in total. The van der Waals surface area contributed by atoms with E-state index in [1.807, 2.05) is 12.1 Å². The van der Waals surface area contributed by atoms with Crippen molar-refractivity contribution in [3.05, 3.63) is 40.5 Å². The van der Waals surface area contributed by atoms with Crippen LogP contribution in [0, 0.1) is 0 Å². The van der Waals surface area contributed by atoms with Crippen molar-refractivity contribution in [1.82, 2.24) is 14.7 Å². The molecule has 3 rings (SSSR count). The molecule has 0 saturated heterocycles. The number of nitrogen functional groups attached to an aromatic ring is 1. The fraction of sp³-hybridized carbons (Fsp3) is 0.167. The van der Waals surface area contributed by atoms with Gasteiger partial charge in [0.05, 0.1) is 24.5 Å². The number of hydrogen-bond donors (Lipinski definition) is 2. The Bertz CT molecular complexity index is 650. The van der Waals surface area contributed by atoms with Crippen LogP contribution in [0.15, 0.2) is 24.3 Å². The van der Waals surface area contributed by atoms with E-state index in [0.29, 0.717) is 16.5 Å². The molecule has 0 radical (unpaired) electrons. The molecule has 1 aliphatic rings. The van der Waals surface area contributed by atoms with Crippen LogP contribution in [0.1, 0.15) is 11.3 Å². The van der Waals surface area contributed by atoms with Crippen LogP contribution < -0.4 is 5.73 Å². The molecule has 1 amide bonds. The highest BCUT2D eigenvalue weighted by Gasteiger charge is 2.29. The molecule has 19 heavy (non-hydrogen) atoms. The number of nitrogens with zero attached hydrogens (tertiary/aromatic N) is 3. The lowest BCUT2D eigenvalue weighted by molar-refractivity contribution is 0.144. The number of aromatic nitrogens is 2.